The van der Waals surface area contributed by atoms with Gasteiger partial charge in [-0.15, -0.1) is 24.8 Å². The lowest BCUT2D eigenvalue weighted by Gasteiger charge is -2.25. The zero-order chi connectivity index (χ0) is 8.39. The highest BCUT2D eigenvalue weighted by Gasteiger charge is 2.25. The van der Waals surface area contributed by atoms with Crippen LogP contribution < -0.4 is 5.32 Å². The predicted molar refractivity (Wildman–Crippen MR) is 59.4 cm³/mol. The summed E-state index contributed by atoms with van der Waals surface area (Å²) in [5.41, 5.74) is 0.775. The molecule has 2 rings (SSSR count). The fraction of sp³-hybridized carbons (Fsp3) is 0.333. The number of hydrogen-bond acceptors (Lipinski definition) is 3. The zero-order valence-electron chi connectivity index (χ0n) is 7.47. The highest BCUT2D eigenvalue weighted by molar-refractivity contribution is 5.98. The van der Waals surface area contributed by atoms with Crippen molar-refractivity contribution < 1.29 is 4.79 Å². The Hall–Kier alpha value is -0.640. The van der Waals surface area contributed by atoms with Crippen molar-refractivity contribution in [2.75, 3.05) is 13.1 Å². The third-order valence-electron chi connectivity index (χ3n) is 2.12. The second-order valence-electron chi connectivity index (χ2n) is 2.96. The molecule has 1 aliphatic heterocycles. The topological polar surface area (TPSA) is 42.0 Å². The summed E-state index contributed by atoms with van der Waals surface area (Å²) in [7, 11) is 0. The van der Waals surface area contributed by atoms with Crippen molar-refractivity contribution >= 4 is 30.6 Å². The van der Waals surface area contributed by atoms with Gasteiger partial charge in [0.05, 0.1) is 0 Å². The maximum atomic E-state index is 11.6. The van der Waals surface area contributed by atoms with Crippen molar-refractivity contribution in [2.45, 2.75) is 0 Å². The van der Waals surface area contributed by atoms with Gasteiger partial charge in [-0.1, -0.05) is 0 Å². The minimum absolute atomic E-state index is 0. The van der Waals surface area contributed by atoms with E-state index in [-0.39, 0.29) is 36.5 Å². The van der Waals surface area contributed by atoms with E-state index in [1.807, 2.05) is 0 Å². The Morgan fingerprint density at radius 3 is 2.29 bits per heavy atom. The lowest BCUT2D eigenvalue weighted by Crippen LogP contribution is -2.46. The fourth-order valence-corrected chi connectivity index (χ4v) is 1.23. The maximum Gasteiger partial charge on any atom is 0.168 e. The van der Waals surface area contributed by atoms with E-state index in [0.29, 0.717) is 0 Å². The average Bonchev–Trinajstić information content (AvgIpc) is 2.03. The Morgan fingerprint density at radius 2 is 1.86 bits per heavy atom. The van der Waals surface area contributed by atoms with E-state index in [4.69, 9.17) is 0 Å². The maximum absolute atomic E-state index is 11.6. The summed E-state index contributed by atoms with van der Waals surface area (Å²) < 4.78 is 0. The van der Waals surface area contributed by atoms with E-state index in [2.05, 4.69) is 10.3 Å². The number of hydrogen-bond donors (Lipinski definition) is 1. The number of carbonyl (C=O) groups excluding carboxylic acids is 1. The van der Waals surface area contributed by atoms with Crippen LogP contribution in [0.3, 0.4) is 0 Å². The highest BCUT2D eigenvalue weighted by Crippen LogP contribution is 2.11. The van der Waals surface area contributed by atoms with Crippen LogP contribution >= 0.6 is 24.8 Å². The fourth-order valence-electron chi connectivity index (χ4n) is 1.23. The van der Waals surface area contributed by atoms with Gasteiger partial charge in [0.25, 0.3) is 0 Å². The minimum Gasteiger partial charge on any atom is -0.315 e. The largest absolute Gasteiger partial charge is 0.315 e. The molecule has 1 saturated heterocycles. The van der Waals surface area contributed by atoms with Crippen LogP contribution in [0.1, 0.15) is 10.4 Å². The van der Waals surface area contributed by atoms with Crippen molar-refractivity contribution in [1.29, 1.82) is 0 Å². The summed E-state index contributed by atoms with van der Waals surface area (Å²) in [4.78, 5) is 15.4. The summed E-state index contributed by atoms with van der Waals surface area (Å²) in [5, 5.41) is 3.08. The molecule has 1 N–H and O–H groups in total. The van der Waals surface area contributed by atoms with E-state index in [0.717, 1.165) is 18.7 Å². The summed E-state index contributed by atoms with van der Waals surface area (Å²) in [6.45, 7) is 1.64. The Bertz CT molecular complexity index is 288. The molecule has 14 heavy (non-hydrogen) atoms. The molecule has 2 heterocycles. The van der Waals surface area contributed by atoms with Crippen LogP contribution in [-0.2, 0) is 0 Å². The molecule has 1 aliphatic rings. The molecule has 0 saturated carbocycles. The number of aromatic nitrogens is 1. The number of Topliss-reactive ketones (excluding diaryl/α,β-unsaturated/α-hetero) is 1. The van der Waals surface area contributed by atoms with Gasteiger partial charge in [-0.2, -0.15) is 0 Å². The first-order chi connectivity index (χ1) is 5.88. The number of carbonyl (C=O) groups is 1. The number of ketones is 1. The number of rotatable bonds is 2. The number of pyridine rings is 1. The first-order valence-electron chi connectivity index (χ1n) is 4.03. The van der Waals surface area contributed by atoms with E-state index < -0.39 is 0 Å². The third kappa shape index (κ3) is 2.67. The van der Waals surface area contributed by atoms with Gasteiger partial charge in [-0.05, 0) is 12.1 Å². The average molecular weight is 235 g/mol. The molecule has 0 aliphatic carbocycles. The first kappa shape index (κ1) is 13.4. The van der Waals surface area contributed by atoms with Crippen LogP contribution in [-0.4, -0.2) is 23.9 Å². The second-order valence-corrected chi connectivity index (χ2v) is 2.96. The molecule has 0 unspecified atom stereocenters. The molecule has 0 aromatic carbocycles. The van der Waals surface area contributed by atoms with Gasteiger partial charge in [0.2, 0.25) is 0 Å². The Labute approximate surface area is 95.1 Å². The van der Waals surface area contributed by atoms with E-state index in [1.165, 1.54) is 0 Å². The van der Waals surface area contributed by atoms with Crippen LogP contribution in [0.2, 0.25) is 0 Å². The van der Waals surface area contributed by atoms with Gasteiger partial charge in [0.1, 0.15) is 0 Å². The normalized spacial score (nSPS) is 14.6. The molecule has 1 fully saturated rings. The molecule has 0 bridgehead atoms. The van der Waals surface area contributed by atoms with Crippen LogP contribution in [0, 0.1) is 5.92 Å². The van der Waals surface area contributed by atoms with Crippen molar-refractivity contribution in [3.05, 3.63) is 30.1 Å². The Morgan fingerprint density at radius 1 is 1.29 bits per heavy atom. The molecule has 0 amide bonds. The Balaban J connectivity index is 0.000000845. The number of nitrogens with zero attached hydrogens (tertiary/aromatic N) is 1. The molecular weight excluding hydrogens is 223 g/mol. The molecule has 1 aromatic rings. The van der Waals surface area contributed by atoms with Gasteiger partial charge in [-0.25, -0.2) is 0 Å². The standard InChI is InChI=1S/C9H10N2O.2ClH/c12-9(8-5-11-6-8)7-1-3-10-4-2-7;;/h1-4,8,11H,5-6H2;2*1H. The monoisotopic (exact) mass is 234 g/mol. The van der Waals surface area contributed by atoms with Gasteiger partial charge in [0.15, 0.2) is 5.78 Å². The smallest absolute Gasteiger partial charge is 0.168 e. The predicted octanol–water partition coefficient (Wildman–Crippen LogP) is 1.33. The minimum atomic E-state index is 0. The van der Waals surface area contributed by atoms with E-state index in [9.17, 15) is 4.79 Å². The third-order valence-corrected chi connectivity index (χ3v) is 2.12. The molecule has 5 heteroatoms. The summed E-state index contributed by atoms with van der Waals surface area (Å²) >= 11 is 0. The SMILES string of the molecule is Cl.Cl.O=C(c1ccncc1)C1CNC1. The van der Waals surface area contributed by atoms with Crippen LogP contribution in [0.25, 0.3) is 0 Å². The lowest BCUT2D eigenvalue weighted by molar-refractivity contribution is 0.0878. The molecule has 78 valence electrons. The molecule has 3 nitrogen and oxygen atoms in total. The quantitative estimate of drug-likeness (QED) is 0.786. The van der Waals surface area contributed by atoms with Gasteiger partial charge >= 0.3 is 0 Å². The van der Waals surface area contributed by atoms with Gasteiger partial charge in [-0.3, -0.25) is 9.78 Å². The van der Waals surface area contributed by atoms with E-state index in [1.54, 1.807) is 24.5 Å². The zero-order valence-corrected chi connectivity index (χ0v) is 9.11. The van der Waals surface area contributed by atoms with Crippen molar-refractivity contribution in [3.63, 3.8) is 0 Å². The van der Waals surface area contributed by atoms with Crippen LogP contribution in [0.15, 0.2) is 24.5 Å². The van der Waals surface area contributed by atoms with Gasteiger partial charge < -0.3 is 5.32 Å². The van der Waals surface area contributed by atoms with Gasteiger partial charge in [0, 0.05) is 37.0 Å². The summed E-state index contributed by atoms with van der Waals surface area (Å²) in [6, 6.07) is 3.53. The molecule has 0 spiro atoms. The number of halogens is 2. The highest BCUT2D eigenvalue weighted by atomic mass is 35.5. The molecule has 0 atom stereocenters. The van der Waals surface area contributed by atoms with Crippen LogP contribution in [0.4, 0.5) is 0 Å². The summed E-state index contributed by atoms with van der Waals surface area (Å²) in [5.74, 6) is 0.420. The van der Waals surface area contributed by atoms with Crippen LogP contribution in [0.5, 0.6) is 0 Å². The second kappa shape index (κ2) is 5.96. The molecule has 0 radical (unpaired) electrons. The summed E-state index contributed by atoms with van der Waals surface area (Å²) in [6.07, 6.45) is 3.30. The number of nitrogens with one attached hydrogen (secondary N) is 1. The van der Waals surface area contributed by atoms with Crippen molar-refractivity contribution in [3.8, 4) is 0 Å². The Kier molecular flexibility index (Phi) is 5.69. The lowest BCUT2D eigenvalue weighted by atomic mass is 9.93. The van der Waals surface area contributed by atoms with Crippen molar-refractivity contribution in [2.24, 2.45) is 5.92 Å². The molecular formula is C9H12Cl2N2O. The molecule has 1 aromatic heterocycles. The van der Waals surface area contributed by atoms with E-state index >= 15 is 0 Å². The van der Waals surface area contributed by atoms with Crippen molar-refractivity contribution in [1.82, 2.24) is 10.3 Å². The first-order valence-corrected chi connectivity index (χ1v) is 4.03.